The second-order valence-corrected chi connectivity index (χ2v) is 9.12. The number of fused-ring (bicyclic) bond motifs is 1. The van der Waals surface area contributed by atoms with Crippen molar-refractivity contribution in [2.24, 2.45) is 18.9 Å². The molecular weight excluding hydrogens is 378 g/mol. The first-order valence-electron chi connectivity index (χ1n) is 9.47. The van der Waals surface area contributed by atoms with Crippen molar-refractivity contribution in [3.8, 4) is 11.3 Å². The number of carbonyl (C=O) groups excluding carboxylic acids is 1. The molecule has 0 unspecified atom stereocenters. The summed E-state index contributed by atoms with van der Waals surface area (Å²) in [5, 5.41) is 9.63. The van der Waals surface area contributed by atoms with Gasteiger partial charge in [0.15, 0.2) is 0 Å². The second-order valence-electron chi connectivity index (χ2n) is 7.66. The monoisotopic (exact) mass is 401 g/mol. The van der Waals surface area contributed by atoms with E-state index in [1.54, 1.807) is 0 Å². The zero-order chi connectivity index (χ0) is 19.1. The molecule has 1 fully saturated rings. The van der Waals surface area contributed by atoms with Crippen LogP contribution in [-0.4, -0.2) is 21.7 Å². The quantitative estimate of drug-likeness (QED) is 0.628. The number of nitrogens with zero attached hydrogens (tertiary/aromatic N) is 2. The molecule has 3 aromatic rings. The van der Waals surface area contributed by atoms with Crippen molar-refractivity contribution in [2.45, 2.75) is 39.2 Å². The minimum atomic E-state index is 0.0317. The molecule has 2 aromatic heterocycles. The number of carbonyl (C=O) groups is 1. The first-order chi connectivity index (χ1) is 12.9. The van der Waals surface area contributed by atoms with E-state index in [1.807, 2.05) is 42.1 Å². The van der Waals surface area contributed by atoms with E-state index in [0.717, 1.165) is 32.8 Å². The van der Waals surface area contributed by atoms with Gasteiger partial charge in [0, 0.05) is 29.1 Å². The average Bonchev–Trinajstić information content (AvgIpc) is 3.21. The largest absolute Gasteiger partial charge is 0.348 e. The van der Waals surface area contributed by atoms with Gasteiger partial charge in [0.2, 0.25) is 0 Å². The van der Waals surface area contributed by atoms with Gasteiger partial charge in [0.25, 0.3) is 5.91 Å². The van der Waals surface area contributed by atoms with Gasteiger partial charge in [-0.2, -0.15) is 5.10 Å². The van der Waals surface area contributed by atoms with Gasteiger partial charge in [0.05, 0.1) is 4.88 Å². The van der Waals surface area contributed by atoms with E-state index < -0.39 is 0 Å². The Morgan fingerprint density at radius 2 is 2.00 bits per heavy atom. The molecule has 1 aliphatic rings. The van der Waals surface area contributed by atoms with Crippen LogP contribution in [0.25, 0.3) is 21.5 Å². The Balaban J connectivity index is 1.62. The smallest absolute Gasteiger partial charge is 0.261 e. The molecule has 2 heterocycles. The summed E-state index contributed by atoms with van der Waals surface area (Å²) in [7, 11) is 1.92. The third-order valence-corrected chi connectivity index (χ3v) is 7.33. The van der Waals surface area contributed by atoms with Crippen molar-refractivity contribution in [3.63, 3.8) is 0 Å². The van der Waals surface area contributed by atoms with Crippen molar-refractivity contribution in [3.05, 3.63) is 40.2 Å². The first kappa shape index (κ1) is 18.5. The number of hydrogen-bond acceptors (Lipinski definition) is 3. The van der Waals surface area contributed by atoms with E-state index in [0.29, 0.717) is 16.9 Å². The topological polar surface area (TPSA) is 46.9 Å². The molecule has 3 atom stereocenters. The molecule has 6 heteroatoms. The average molecular weight is 402 g/mol. The number of aromatic nitrogens is 2. The fourth-order valence-corrected chi connectivity index (χ4v) is 5.10. The lowest BCUT2D eigenvalue weighted by Gasteiger charge is -2.34. The lowest BCUT2D eigenvalue weighted by Crippen LogP contribution is -2.43. The van der Waals surface area contributed by atoms with Gasteiger partial charge in [-0.15, -0.1) is 11.3 Å². The van der Waals surface area contributed by atoms with Crippen LogP contribution < -0.4 is 5.32 Å². The molecule has 0 bridgehead atoms. The standard InChI is InChI=1S/C21H24ClN3OS/c1-12-5-4-6-17(13(12)2)23-20(26)18-11-16-19(24-25(3)21(16)27-18)14-7-9-15(22)10-8-14/h7-13,17H,4-6H2,1-3H3,(H,23,26)/t12-,13-,17+/m1/s1. The fourth-order valence-electron chi connectivity index (χ4n) is 4.00. The molecule has 4 nitrogen and oxygen atoms in total. The highest BCUT2D eigenvalue weighted by molar-refractivity contribution is 7.20. The predicted octanol–water partition coefficient (Wildman–Crippen LogP) is 5.51. The number of amides is 1. The summed E-state index contributed by atoms with van der Waals surface area (Å²) in [6.07, 6.45) is 3.51. The summed E-state index contributed by atoms with van der Waals surface area (Å²) in [6, 6.07) is 9.90. The summed E-state index contributed by atoms with van der Waals surface area (Å²) < 4.78 is 1.85. The van der Waals surface area contributed by atoms with Crippen molar-refractivity contribution in [1.82, 2.24) is 15.1 Å². The molecule has 0 aliphatic heterocycles. The van der Waals surface area contributed by atoms with Crippen molar-refractivity contribution in [1.29, 1.82) is 0 Å². The molecule has 0 radical (unpaired) electrons. The zero-order valence-electron chi connectivity index (χ0n) is 15.8. The Kier molecular flexibility index (Phi) is 4.99. The van der Waals surface area contributed by atoms with Crippen LogP contribution in [-0.2, 0) is 7.05 Å². The summed E-state index contributed by atoms with van der Waals surface area (Å²) in [4.78, 5) is 14.6. The second kappa shape index (κ2) is 7.28. The van der Waals surface area contributed by atoms with Crippen LogP contribution in [0.1, 0.15) is 42.8 Å². The third kappa shape index (κ3) is 3.50. The highest BCUT2D eigenvalue weighted by Gasteiger charge is 2.29. The molecular formula is C21H24ClN3OS. The van der Waals surface area contributed by atoms with Crippen molar-refractivity contribution >= 4 is 39.1 Å². The van der Waals surface area contributed by atoms with Crippen LogP contribution in [0.2, 0.25) is 5.02 Å². The maximum absolute atomic E-state index is 12.9. The van der Waals surface area contributed by atoms with Gasteiger partial charge in [0.1, 0.15) is 10.5 Å². The predicted molar refractivity (Wildman–Crippen MR) is 112 cm³/mol. The summed E-state index contributed by atoms with van der Waals surface area (Å²) >= 11 is 7.51. The zero-order valence-corrected chi connectivity index (χ0v) is 17.4. The van der Waals surface area contributed by atoms with Crippen LogP contribution in [0.3, 0.4) is 0 Å². The molecule has 1 saturated carbocycles. The van der Waals surface area contributed by atoms with Crippen molar-refractivity contribution in [2.75, 3.05) is 0 Å². The SMILES string of the molecule is C[C@@H]1[C@H](C)CCC[C@@H]1NC(=O)c1cc2c(-c3ccc(Cl)cc3)nn(C)c2s1. The van der Waals surface area contributed by atoms with Crippen LogP contribution >= 0.6 is 22.9 Å². The number of nitrogens with one attached hydrogen (secondary N) is 1. The van der Waals surface area contributed by atoms with Gasteiger partial charge in [-0.25, -0.2) is 0 Å². The highest BCUT2D eigenvalue weighted by Crippen LogP contribution is 2.35. The lowest BCUT2D eigenvalue weighted by molar-refractivity contribution is 0.0895. The van der Waals surface area contributed by atoms with E-state index in [9.17, 15) is 4.79 Å². The maximum Gasteiger partial charge on any atom is 0.261 e. The number of hydrogen-bond donors (Lipinski definition) is 1. The van der Waals surface area contributed by atoms with Gasteiger partial charge in [-0.05, 0) is 36.5 Å². The first-order valence-corrected chi connectivity index (χ1v) is 10.7. The number of thiophene rings is 1. The van der Waals surface area contributed by atoms with Gasteiger partial charge < -0.3 is 5.32 Å². The van der Waals surface area contributed by atoms with Crippen molar-refractivity contribution < 1.29 is 4.79 Å². The molecule has 4 rings (SSSR count). The van der Waals surface area contributed by atoms with Gasteiger partial charge in [-0.3, -0.25) is 9.48 Å². The summed E-state index contributed by atoms with van der Waals surface area (Å²) in [5.74, 6) is 1.21. The number of halogens is 1. The van der Waals surface area contributed by atoms with E-state index in [2.05, 4.69) is 24.3 Å². The highest BCUT2D eigenvalue weighted by atomic mass is 35.5. The molecule has 1 aromatic carbocycles. The molecule has 1 amide bonds. The minimum absolute atomic E-state index is 0.0317. The normalized spacial score (nSPS) is 22.9. The van der Waals surface area contributed by atoms with E-state index in [4.69, 9.17) is 11.6 Å². The third-order valence-electron chi connectivity index (χ3n) is 5.88. The van der Waals surface area contributed by atoms with Crippen LogP contribution in [0.15, 0.2) is 30.3 Å². The maximum atomic E-state index is 12.9. The molecule has 27 heavy (non-hydrogen) atoms. The molecule has 142 valence electrons. The number of rotatable bonds is 3. The van der Waals surface area contributed by atoms with E-state index in [-0.39, 0.29) is 11.9 Å². The molecule has 0 spiro atoms. The molecule has 0 saturated heterocycles. The Morgan fingerprint density at radius 3 is 2.74 bits per heavy atom. The molecule has 1 N–H and O–H groups in total. The molecule has 1 aliphatic carbocycles. The van der Waals surface area contributed by atoms with E-state index in [1.165, 1.54) is 24.2 Å². The minimum Gasteiger partial charge on any atom is -0.348 e. The number of benzene rings is 1. The van der Waals surface area contributed by atoms with Crippen LogP contribution in [0.4, 0.5) is 0 Å². The van der Waals surface area contributed by atoms with Gasteiger partial charge in [-0.1, -0.05) is 50.4 Å². The Bertz CT molecular complexity index is 975. The Labute approximate surface area is 168 Å². The Morgan fingerprint density at radius 1 is 1.26 bits per heavy atom. The Hall–Kier alpha value is -1.85. The van der Waals surface area contributed by atoms with Crippen LogP contribution in [0, 0.1) is 11.8 Å². The summed E-state index contributed by atoms with van der Waals surface area (Å²) in [6.45, 7) is 4.54. The number of aryl methyl sites for hydroxylation is 1. The van der Waals surface area contributed by atoms with E-state index >= 15 is 0 Å². The fraction of sp³-hybridized carbons (Fsp3) is 0.429. The lowest BCUT2D eigenvalue weighted by atomic mass is 9.78. The van der Waals surface area contributed by atoms with Gasteiger partial charge >= 0.3 is 0 Å². The van der Waals surface area contributed by atoms with Crippen LogP contribution in [0.5, 0.6) is 0 Å². The summed E-state index contributed by atoms with van der Waals surface area (Å²) in [5.41, 5.74) is 1.89.